The summed E-state index contributed by atoms with van der Waals surface area (Å²) in [7, 11) is 1.54. The lowest BCUT2D eigenvalue weighted by atomic mass is 10.3. The van der Waals surface area contributed by atoms with E-state index in [1.165, 1.54) is 25.9 Å². The Morgan fingerprint density at radius 2 is 2.22 bits per heavy atom. The maximum atomic E-state index is 6.04. The number of hydrogen-bond donors (Lipinski definition) is 1. The number of anilines is 1. The first-order chi connectivity index (χ1) is 8.70. The lowest BCUT2D eigenvalue weighted by Crippen LogP contribution is -2.35. The molecule has 0 aliphatic carbocycles. The third-order valence-corrected chi connectivity index (χ3v) is 3.51. The van der Waals surface area contributed by atoms with Crippen molar-refractivity contribution in [3.05, 3.63) is 11.2 Å². The monoisotopic (exact) mass is 270 g/mol. The molecule has 0 aromatic carbocycles. The van der Waals surface area contributed by atoms with Crippen LogP contribution in [0.5, 0.6) is 6.01 Å². The second-order valence-electron chi connectivity index (χ2n) is 4.53. The van der Waals surface area contributed by atoms with Gasteiger partial charge in [0.05, 0.1) is 13.3 Å². The molecule has 1 fully saturated rings. The molecule has 1 aliphatic rings. The molecule has 2 rings (SSSR count). The first kappa shape index (κ1) is 13.4. The average molecular weight is 271 g/mol. The Hall–Kier alpha value is -1.07. The lowest BCUT2D eigenvalue weighted by molar-refractivity contribution is 0.269. The first-order valence-electron chi connectivity index (χ1n) is 6.25. The molecule has 18 heavy (non-hydrogen) atoms. The van der Waals surface area contributed by atoms with E-state index in [4.69, 9.17) is 16.3 Å². The molecule has 0 spiro atoms. The van der Waals surface area contributed by atoms with Gasteiger partial charge in [0.1, 0.15) is 5.02 Å². The molecule has 1 atom stereocenters. The van der Waals surface area contributed by atoms with Crippen LogP contribution in [0.3, 0.4) is 0 Å². The predicted molar refractivity (Wildman–Crippen MR) is 72.4 cm³/mol. The van der Waals surface area contributed by atoms with Crippen molar-refractivity contribution in [1.82, 2.24) is 14.9 Å². The molecular formula is C12H19ClN4O. The van der Waals surface area contributed by atoms with E-state index in [1.54, 1.807) is 13.3 Å². The molecule has 0 bridgehead atoms. The van der Waals surface area contributed by atoms with E-state index >= 15 is 0 Å². The number of methoxy groups -OCH3 is 1. The van der Waals surface area contributed by atoms with E-state index in [-0.39, 0.29) is 0 Å². The van der Waals surface area contributed by atoms with Crippen LogP contribution in [0.25, 0.3) is 0 Å². The molecule has 1 saturated heterocycles. The van der Waals surface area contributed by atoms with Crippen LogP contribution in [0.2, 0.25) is 5.02 Å². The zero-order chi connectivity index (χ0) is 13.0. The Balaban J connectivity index is 1.92. The van der Waals surface area contributed by atoms with Crippen LogP contribution in [-0.4, -0.2) is 47.7 Å². The number of hydrogen-bond acceptors (Lipinski definition) is 5. The number of nitrogens with zero attached hydrogens (tertiary/aromatic N) is 3. The topological polar surface area (TPSA) is 50.3 Å². The number of aromatic nitrogens is 2. The lowest BCUT2D eigenvalue weighted by Gasteiger charge is -2.24. The summed E-state index contributed by atoms with van der Waals surface area (Å²) in [4.78, 5) is 10.6. The number of halogens is 1. The summed E-state index contributed by atoms with van der Waals surface area (Å²) < 4.78 is 4.99. The smallest absolute Gasteiger partial charge is 0.318 e. The summed E-state index contributed by atoms with van der Waals surface area (Å²) >= 11 is 6.04. The van der Waals surface area contributed by atoms with Gasteiger partial charge in [-0.2, -0.15) is 4.98 Å². The average Bonchev–Trinajstić information content (AvgIpc) is 2.91. The van der Waals surface area contributed by atoms with Crippen LogP contribution >= 0.6 is 11.6 Å². The van der Waals surface area contributed by atoms with Crippen LogP contribution in [0.1, 0.15) is 19.8 Å². The van der Waals surface area contributed by atoms with Crippen LogP contribution < -0.4 is 10.1 Å². The highest BCUT2D eigenvalue weighted by Crippen LogP contribution is 2.20. The fourth-order valence-electron chi connectivity index (χ4n) is 2.13. The van der Waals surface area contributed by atoms with E-state index in [0.29, 0.717) is 22.9 Å². The molecular weight excluding hydrogens is 252 g/mol. The van der Waals surface area contributed by atoms with Gasteiger partial charge in [0.25, 0.3) is 0 Å². The minimum atomic E-state index is 0.329. The third-order valence-electron chi connectivity index (χ3n) is 3.23. The highest BCUT2D eigenvalue weighted by Gasteiger charge is 2.18. The van der Waals surface area contributed by atoms with E-state index in [9.17, 15) is 0 Å². The second-order valence-corrected chi connectivity index (χ2v) is 4.93. The number of nitrogens with one attached hydrogen (secondary N) is 1. The molecule has 0 amide bonds. The van der Waals surface area contributed by atoms with Gasteiger partial charge < -0.3 is 10.1 Å². The molecule has 1 aromatic heterocycles. The highest BCUT2D eigenvalue weighted by atomic mass is 35.5. The van der Waals surface area contributed by atoms with Gasteiger partial charge >= 0.3 is 6.01 Å². The minimum Gasteiger partial charge on any atom is -0.467 e. The Morgan fingerprint density at radius 3 is 2.89 bits per heavy atom. The molecule has 0 saturated carbocycles. The van der Waals surface area contributed by atoms with Gasteiger partial charge in [0.2, 0.25) is 0 Å². The number of ether oxygens (including phenoxy) is 1. The van der Waals surface area contributed by atoms with E-state index in [1.807, 2.05) is 0 Å². The van der Waals surface area contributed by atoms with E-state index < -0.39 is 0 Å². The van der Waals surface area contributed by atoms with Crippen molar-refractivity contribution in [2.24, 2.45) is 0 Å². The standard InChI is InChI=1S/C12H19ClN4O/c1-9(17-5-3-4-6-17)7-14-11-10(13)8-15-12(16-11)18-2/h8-9H,3-7H2,1-2H3,(H,14,15,16). The largest absolute Gasteiger partial charge is 0.467 e. The van der Waals surface area contributed by atoms with Gasteiger partial charge in [-0.15, -0.1) is 0 Å². The normalized spacial score (nSPS) is 17.7. The third kappa shape index (κ3) is 3.23. The minimum absolute atomic E-state index is 0.329. The van der Waals surface area contributed by atoms with Crippen molar-refractivity contribution in [2.75, 3.05) is 32.1 Å². The van der Waals surface area contributed by atoms with Crippen LogP contribution in [0, 0.1) is 0 Å². The molecule has 1 unspecified atom stereocenters. The van der Waals surface area contributed by atoms with Crippen molar-refractivity contribution in [3.63, 3.8) is 0 Å². The van der Waals surface area contributed by atoms with Gasteiger partial charge in [0, 0.05) is 12.6 Å². The summed E-state index contributed by atoms with van der Waals surface area (Å²) in [5.41, 5.74) is 0. The Bertz CT molecular complexity index is 396. The molecule has 5 nitrogen and oxygen atoms in total. The maximum Gasteiger partial charge on any atom is 0.318 e. The summed E-state index contributed by atoms with van der Waals surface area (Å²) in [6.45, 7) is 5.40. The van der Waals surface area contributed by atoms with Crippen molar-refractivity contribution in [2.45, 2.75) is 25.8 Å². The van der Waals surface area contributed by atoms with Gasteiger partial charge in [-0.05, 0) is 32.9 Å². The van der Waals surface area contributed by atoms with Gasteiger partial charge in [0.15, 0.2) is 5.82 Å². The quantitative estimate of drug-likeness (QED) is 0.887. The summed E-state index contributed by atoms with van der Waals surface area (Å²) in [6, 6.07) is 0.806. The molecule has 1 aliphatic heterocycles. The van der Waals surface area contributed by atoms with Crippen molar-refractivity contribution < 1.29 is 4.74 Å². The van der Waals surface area contributed by atoms with Crippen LogP contribution in [-0.2, 0) is 0 Å². The van der Waals surface area contributed by atoms with Crippen LogP contribution in [0.4, 0.5) is 5.82 Å². The SMILES string of the molecule is COc1ncc(Cl)c(NCC(C)N2CCCC2)n1. The fraction of sp³-hybridized carbons (Fsp3) is 0.667. The number of likely N-dealkylation sites (tertiary alicyclic amines) is 1. The fourth-order valence-corrected chi connectivity index (χ4v) is 2.29. The van der Waals surface area contributed by atoms with Crippen molar-refractivity contribution in [1.29, 1.82) is 0 Å². The summed E-state index contributed by atoms with van der Waals surface area (Å²) in [5.74, 6) is 0.634. The zero-order valence-corrected chi connectivity index (χ0v) is 11.6. The Kier molecular flexibility index (Phi) is 4.60. The zero-order valence-electron chi connectivity index (χ0n) is 10.8. The van der Waals surface area contributed by atoms with Crippen molar-refractivity contribution in [3.8, 4) is 6.01 Å². The molecule has 1 aromatic rings. The van der Waals surface area contributed by atoms with E-state index in [2.05, 4.69) is 27.1 Å². The Labute approximate surface area is 113 Å². The molecule has 0 radical (unpaired) electrons. The van der Waals surface area contributed by atoms with Gasteiger partial charge in [-0.3, -0.25) is 4.90 Å². The molecule has 2 heterocycles. The van der Waals surface area contributed by atoms with Crippen LogP contribution in [0.15, 0.2) is 6.20 Å². The van der Waals surface area contributed by atoms with Crippen molar-refractivity contribution >= 4 is 17.4 Å². The first-order valence-corrected chi connectivity index (χ1v) is 6.63. The summed E-state index contributed by atoms with van der Waals surface area (Å²) in [6.07, 6.45) is 4.15. The summed E-state index contributed by atoms with van der Waals surface area (Å²) in [5, 5.41) is 3.78. The second kappa shape index (κ2) is 6.20. The van der Waals surface area contributed by atoms with Gasteiger partial charge in [-0.1, -0.05) is 11.6 Å². The molecule has 6 heteroatoms. The van der Waals surface area contributed by atoms with Gasteiger partial charge in [-0.25, -0.2) is 4.98 Å². The molecule has 1 N–H and O–H groups in total. The molecule has 100 valence electrons. The Morgan fingerprint density at radius 1 is 1.50 bits per heavy atom. The van der Waals surface area contributed by atoms with E-state index in [0.717, 1.165) is 6.54 Å². The number of rotatable bonds is 5. The highest BCUT2D eigenvalue weighted by molar-refractivity contribution is 6.32. The maximum absolute atomic E-state index is 6.04. The predicted octanol–water partition coefficient (Wildman–Crippen LogP) is 2.03.